The van der Waals surface area contributed by atoms with Gasteiger partial charge in [0.25, 0.3) is 0 Å². The molecule has 6 heteroatoms. The molecule has 1 unspecified atom stereocenters. The second-order valence-corrected chi connectivity index (χ2v) is 6.16. The van der Waals surface area contributed by atoms with Crippen molar-refractivity contribution in [2.45, 2.75) is 18.6 Å². The van der Waals surface area contributed by atoms with E-state index >= 15 is 0 Å². The minimum absolute atomic E-state index is 0.0692. The van der Waals surface area contributed by atoms with Crippen LogP contribution in [0.3, 0.4) is 0 Å². The van der Waals surface area contributed by atoms with E-state index in [2.05, 4.69) is 5.10 Å². The van der Waals surface area contributed by atoms with Gasteiger partial charge in [-0.05, 0) is 17.7 Å². The number of amides is 2. The molecule has 0 radical (unpaired) electrons. The molecule has 4 rings (SSSR count). The summed E-state index contributed by atoms with van der Waals surface area (Å²) in [6, 6.07) is 16.0. The van der Waals surface area contributed by atoms with Gasteiger partial charge < -0.3 is 9.64 Å². The fraction of sp³-hybridized carbons (Fsp3) is 0.263. The second-order valence-electron chi connectivity index (χ2n) is 6.16. The zero-order valence-electron chi connectivity index (χ0n) is 13.6. The summed E-state index contributed by atoms with van der Waals surface area (Å²) in [5.74, 6) is -0.165. The summed E-state index contributed by atoms with van der Waals surface area (Å²) in [4.78, 5) is 14.4. The van der Waals surface area contributed by atoms with Gasteiger partial charge in [0.05, 0.1) is 19.1 Å². The van der Waals surface area contributed by atoms with Gasteiger partial charge in [-0.1, -0.05) is 42.5 Å². The Morgan fingerprint density at radius 3 is 2.56 bits per heavy atom. The summed E-state index contributed by atoms with van der Waals surface area (Å²) < 4.78 is 19.2. The summed E-state index contributed by atoms with van der Waals surface area (Å²) in [5, 5.41) is 5.76. The number of urea groups is 1. The lowest BCUT2D eigenvalue weighted by molar-refractivity contribution is 0.0257. The highest BCUT2D eigenvalue weighted by Crippen LogP contribution is 2.30. The highest BCUT2D eigenvalue weighted by atomic mass is 19.1. The van der Waals surface area contributed by atoms with Gasteiger partial charge in [0.2, 0.25) is 0 Å². The monoisotopic (exact) mass is 339 g/mol. The maximum atomic E-state index is 13.6. The highest BCUT2D eigenvalue weighted by Gasteiger charge is 2.38. The smallest absolute Gasteiger partial charge is 0.341 e. The first-order valence-electron chi connectivity index (χ1n) is 8.29. The maximum Gasteiger partial charge on any atom is 0.341 e. The third-order valence-corrected chi connectivity index (χ3v) is 4.46. The Labute approximate surface area is 145 Å². The minimum Gasteiger partial charge on any atom is -0.484 e. The van der Waals surface area contributed by atoms with E-state index in [0.29, 0.717) is 19.5 Å². The minimum atomic E-state index is -0.388. The average molecular weight is 339 g/mol. The van der Waals surface area contributed by atoms with Gasteiger partial charge >= 0.3 is 6.03 Å². The fourth-order valence-corrected chi connectivity index (χ4v) is 3.08. The van der Waals surface area contributed by atoms with E-state index in [1.54, 1.807) is 29.3 Å². The molecule has 0 saturated carbocycles. The summed E-state index contributed by atoms with van der Waals surface area (Å²) in [7, 11) is 0. The molecule has 2 heterocycles. The van der Waals surface area contributed by atoms with Crippen LogP contribution in [-0.2, 0) is 0 Å². The van der Waals surface area contributed by atoms with Gasteiger partial charge in [-0.2, -0.15) is 5.10 Å². The fourth-order valence-electron chi connectivity index (χ4n) is 3.08. The van der Waals surface area contributed by atoms with Gasteiger partial charge in [-0.25, -0.2) is 14.2 Å². The van der Waals surface area contributed by atoms with E-state index in [-0.39, 0.29) is 29.7 Å². The zero-order valence-corrected chi connectivity index (χ0v) is 13.6. The van der Waals surface area contributed by atoms with Gasteiger partial charge in [0.1, 0.15) is 6.10 Å². The number of hydrogen-bond acceptors (Lipinski definition) is 3. The van der Waals surface area contributed by atoms with Crippen molar-refractivity contribution in [1.29, 1.82) is 0 Å². The van der Waals surface area contributed by atoms with Crippen LogP contribution in [0.2, 0.25) is 0 Å². The van der Waals surface area contributed by atoms with E-state index in [4.69, 9.17) is 4.74 Å². The Morgan fingerprint density at radius 2 is 1.80 bits per heavy atom. The summed E-state index contributed by atoms with van der Waals surface area (Å²) >= 11 is 0. The number of hydrazone groups is 1. The van der Waals surface area contributed by atoms with Crippen LogP contribution in [-0.4, -0.2) is 41.3 Å². The molecular formula is C19H18FN3O2. The number of benzene rings is 2. The molecule has 128 valence electrons. The second kappa shape index (κ2) is 6.55. The molecule has 1 saturated heterocycles. The standard InChI is InChI=1S/C19H18FN3O2/c20-16-8-4-5-9-18(16)25-15-12-22(13-15)19(24)23-17(10-11-21-23)14-6-2-1-3-7-14/h1-9,11,15,17H,10,12-13H2. The highest BCUT2D eigenvalue weighted by molar-refractivity contribution is 5.79. The Morgan fingerprint density at radius 1 is 1.08 bits per heavy atom. The SMILES string of the molecule is O=C(N1CC(Oc2ccccc2F)C1)N1N=CCC1c1ccccc1. The molecule has 0 spiro atoms. The molecule has 2 aliphatic rings. The average Bonchev–Trinajstić information content (AvgIpc) is 3.09. The molecule has 1 atom stereocenters. The van der Waals surface area contributed by atoms with E-state index in [1.165, 1.54) is 11.1 Å². The molecule has 1 fully saturated rings. The third kappa shape index (κ3) is 3.07. The number of para-hydroxylation sites is 1. The Balaban J connectivity index is 1.37. The third-order valence-electron chi connectivity index (χ3n) is 4.46. The van der Waals surface area contributed by atoms with E-state index in [1.807, 2.05) is 30.3 Å². The maximum absolute atomic E-state index is 13.6. The Kier molecular flexibility index (Phi) is 4.09. The summed E-state index contributed by atoms with van der Waals surface area (Å²) in [6.45, 7) is 0.862. The van der Waals surface area contributed by atoms with Crippen LogP contribution in [0.25, 0.3) is 0 Å². The quantitative estimate of drug-likeness (QED) is 0.860. The zero-order chi connectivity index (χ0) is 17.2. The van der Waals surface area contributed by atoms with Crippen molar-refractivity contribution < 1.29 is 13.9 Å². The van der Waals surface area contributed by atoms with Gasteiger partial charge in [0.15, 0.2) is 11.6 Å². The molecule has 0 aliphatic carbocycles. The number of rotatable bonds is 3. The molecule has 0 bridgehead atoms. The predicted molar refractivity (Wildman–Crippen MR) is 91.9 cm³/mol. The van der Waals surface area contributed by atoms with Gasteiger partial charge in [-0.15, -0.1) is 0 Å². The number of nitrogens with zero attached hydrogens (tertiary/aromatic N) is 3. The molecule has 25 heavy (non-hydrogen) atoms. The normalized spacial score (nSPS) is 19.8. The van der Waals surface area contributed by atoms with Crippen LogP contribution in [0.5, 0.6) is 5.75 Å². The largest absolute Gasteiger partial charge is 0.484 e. The van der Waals surface area contributed by atoms with Gasteiger partial charge in [0, 0.05) is 12.6 Å². The van der Waals surface area contributed by atoms with Crippen LogP contribution >= 0.6 is 0 Å². The molecule has 2 amide bonds. The number of carbonyl (C=O) groups is 1. The Bertz CT molecular complexity index is 790. The number of halogens is 1. The number of ether oxygens (including phenoxy) is 1. The lowest BCUT2D eigenvalue weighted by Gasteiger charge is -2.41. The summed E-state index contributed by atoms with van der Waals surface area (Å²) in [5.41, 5.74) is 1.06. The first-order chi connectivity index (χ1) is 12.2. The molecule has 2 aromatic rings. The topological polar surface area (TPSA) is 45.1 Å². The first kappa shape index (κ1) is 15.6. The van der Waals surface area contributed by atoms with E-state index in [0.717, 1.165) is 5.56 Å². The molecule has 5 nitrogen and oxygen atoms in total. The Hall–Kier alpha value is -2.89. The van der Waals surface area contributed by atoms with Crippen molar-refractivity contribution in [3.63, 3.8) is 0 Å². The number of carbonyl (C=O) groups excluding carboxylic acids is 1. The molecule has 0 N–H and O–H groups in total. The molecule has 0 aromatic heterocycles. The lowest BCUT2D eigenvalue weighted by atomic mass is 10.0. The van der Waals surface area contributed by atoms with Crippen LogP contribution in [0.15, 0.2) is 59.7 Å². The van der Waals surface area contributed by atoms with Crippen LogP contribution in [0.4, 0.5) is 9.18 Å². The van der Waals surface area contributed by atoms with Crippen molar-refractivity contribution >= 4 is 12.2 Å². The van der Waals surface area contributed by atoms with Crippen molar-refractivity contribution in [3.8, 4) is 5.75 Å². The molecular weight excluding hydrogens is 321 g/mol. The van der Waals surface area contributed by atoms with Crippen LogP contribution < -0.4 is 4.74 Å². The van der Waals surface area contributed by atoms with E-state index in [9.17, 15) is 9.18 Å². The van der Waals surface area contributed by atoms with Crippen molar-refractivity contribution in [1.82, 2.24) is 9.91 Å². The van der Waals surface area contributed by atoms with Crippen LogP contribution in [0, 0.1) is 5.82 Å². The van der Waals surface area contributed by atoms with E-state index < -0.39 is 0 Å². The molecule has 2 aliphatic heterocycles. The number of hydrogen-bond donors (Lipinski definition) is 0. The lowest BCUT2D eigenvalue weighted by Crippen LogP contribution is -2.58. The van der Waals surface area contributed by atoms with Crippen molar-refractivity contribution in [2.75, 3.05) is 13.1 Å². The predicted octanol–water partition coefficient (Wildman–Crippen LogP) is 3.44. The van der Waals surface area contributed by atoms with Crippen molar-refractivity contribution in [2.24, 2.45) is 5.10 Å². The summed E-state index contributed by atoms with van der Waals surface area (Å²) in [6.07, 6.45) is 2.28. The number of likely N-dealkylation sites (tertiary alicyclic amines) is 1. The first-order valence-corrected chi connectivity index (χ1v) is 8.29. The molecule has 2 aromatic carbocycles. The van der Waals surface area contributed by atoms with Crippen molar-refractivity contribution in [3.05, 3.63) is 66.0 Å². The van der Waals surface area contributed by atoms with Crippen LogP contribution in [0.1, 0.15) is 18.0 Å². The van der Waals surface area contributed by atoms with Gasteiger partial charge in [-0.3, -0.25) is 0 Å².